The molecule has 2 aliphatic heterocycles. The van der Waals surface area contributed by atoms with Gasteiger partial charge in [-0.05, 0) is 84.0 Å². The normalized spacial score (nSPS) is 18.4. The summed E-state index contributed by atoms with van der Waals surface area (Å²) in [5.41, 5.74) is 6.61. The molecular weight excluding hydrogens is 623 g/mol. The molecule has 5 rings (SSSR count). The minimum absolute atomic E-state index is 0.0822. The number of carbonyl (C=O) groups excluding carboxylic acids is 3. The molecule has 1 N–H and O–H groups in total. The maximum Gasteiger partial charge on any atom is 0.255 e. The van der Waals surface area contributed by atoms with Gasteiger partial charge in [-0.1, -0.05) is 44.2 Å². The summed E-state index contributed by atoms with van der Waals surface area (Å²) in [6.45, 7) is 8.85. The highest BCUT2D eigenvalue weighted by Crippen LogP contribution is 2.32. The minimum atomic E-state index is -0.612. The van der Waals surface area contributed by atoms with Crippen LogP contribution in [0, 0.1) is 16.4 Å². The molecule has 3 atom stereocenters. The zero-order valence-electron chi connectivity index (χ0n) is 22.6. The van der Waals surface area contributed by atoms with Crippen molar-refractivity contribution in [3.63, 3.8) is 0 Å². The Kier molecular flexibility index (Phi) is 8.09. The van der Waals surface area contributed by atoms with Crippen LogP contribution in [0.1, 0.15) is 66.8 Å². The van der Waals surface area contributed by atoms with Crippen LogP contribution in [-0.2, 0) is 16.1 Å². The predicted molar refractivity (Wildman–Crippen MR) is 161 cm³/mol. The Balaban J connectivity index is 1.30. The number of likely N-dealkylation sites (tertiary alicyclic amines) is 1. The Labute approximate surface area is 247 Å². The van der Waals surface area contributed by atoms with E-state index in [9.17, 15) is 14.4 Å². The number of aryl methyl sites for hydroxylation is 1. The molecule has 3 heterocycles. The first-order valence-electron chi connectivity index (χ1n) is 13.4. The van der Waals surface area contributed by atoms with E-state index in [1.165, 1.54) is 0 Å². The first-order chi connectivity index (χ1) is 18.7. The van der Waals surface area contributed by atoms with Gasteiger partial charge >= 0.3 is 0 Å². The van der Waals surface area contributed by atoms with Crippen molar-refractivity contribution in [1.29, 1.82) is 0 Å². The summed E-state index contributed by atoms with van der Waals surface area (Å²) in [6, 6.07) is 12.4. The number of rotatable bonds is 7. The van der Waals surface area contributed by atoms with Gasteiger partial charge in [0.1, 0.15) is 12.1 Å². The molecule has 9 heteroatoms. The van der Waals surface area contributed by atoms with E-state index in [0.29, 0.717) is 25.1 Å². The number of aromatic nitrogens is 1. The van der Waals surface area contributed by atoms with Gasteiger partial charge in [-0.15, -0.1) is 11.3 Å². The van der Waals surface area contributed by atoms with Crippen molar-refractivity contribution in [2.75, 3.05) is 6.54 Å². The average Bonchev–Trinajstić information content (AvgIpc) is 3.63. The molecule has 1 aromatic heterocycles. The van der Waals surface area contributed by atoms with Crippen LogP contribution in [0.2, 0.25) is 0 Å². The number of thiazole rings is 1. The standard InChI is InChI=1S/C30H33IN4O3S/c1-17(2)26(35-15-21-8-5-6-9-23(21)29(35)37)30(38)34-13-7-10-25(34)28(36)33-18(3)22-12-11-20(14-24(22)31)27-19(4)32-16-39-27/h5-6,8-9,11-12,14,16-18,25-26H,7,10,13,15H2,1-4H3,(H,33,36). The van der Waals surface area contributed by atoms with E-state index >= 15 is 0 Å². The van der Waals surface area contributed by atoms with Crippen LogP contribution in [0.3, 0.4) is 0 Å². The van der Waals surface area contributed by atoms with E-state index in [0.717, 1.165) is 37.3 Å². The van der Waals surface area contributed by atoms with Gasteiger partial charge in [0.25, 0.3) is 5.91 Å². The van der Waals surface area contributed by atoms with Crippen molar-refractivity contribution in [1.82, 2.24) is 20.1 Å². The number of carbonyl (C=O) groups is 3. The van der Waals surface area contributed by atoms with E-state index in [-0.39, 0.29) is 29.7 Å². The highest BCUT2D eigenvalue weighted by atomic mass is 127. The lowest BCUT2D eigenvalue weighted by Gasteiger charge is -2.35. The van der Waals surface area contributed by atoms with Gasteiger partial charge in [-0.3, -0.25) is 14.4 Å². The van der Waals surface area contributed by atoms with Crippen LogP contribution in [0.4, 0.5) is 0 Å². The molecule has 0 saturated carbocycles. The molecule has 1 fully saturated rings. The number of nitrogens with one attached hydrogen (secondary N) is 1. The smallest absolute Gasteiger partial charge is 0.255 e. The molecule has 3 unspecified atom stereocenters. The van der Waals surface area contributed by atoms with Crippen molar-refractivity contribution in [2.45, 2.75) is 65.2 Å². The zero-order chi connectivity index (χ0) is 27.8. The third-order valence-corrected chi connectivity index (χ3v) is 9.65. The summed E-state index contributed by atoms with van der Waals surface area (Å²) in [7, 11) is 0. The minimum Gasteiger partial charge on any atom is -0.348 e. The number of hydrogen-bond donors (Lipinski definition) is 1. The summed E-state index contributed by atoms with van der Waals surface area (Å²) in [5, 5.41) is 3.16. The largest absolute Gasteiger partial charge is 0.348 e. The van der Waals surface area contributed by atoms with Crippen LogP contribution in [-0.4, -0.2) is 51.1 Å². The molecule has 39 heavy (non-hydrogen) atoms. The highest BCUT2D eigenvalue weighted by molar-refractivity contribution is 14.1. The molecule has 0 spiro atoms. The van der Waals surface area contributed by atoms with Crippen LogP contribution in [0.5, 0.6) is 0 Å². The molecular formula is C30H33IN4O3S. The second kappa shape index (κ2) is 11.4. The van der Waals surface area contributed by atoms with Gasteiger partial charge in [0, 0.05) is 22.2 Å². The van der Waals surface area contributed by atoms with E-state index in [1.54, 1.807) is 21.1 Å². The van der Waals surface area contributed by atoms with Crippen molar-refractivity contribution >= 4 is 51.6 Å². The number of nitrogens with zero attached hydrogens (tertiary/aromatic N) is 3. The van der Waals surface area contributed by atoms with Gasteiger partial charge in [0.05, 0.1) is 22.1 Å². The average molecular weight is 657 g/mol. The summed E-state index contributed by atoms with van der Waals surface area (Å²) < 4.78 is 1.07. The van der Waals surface area contributed by atoms with Gasteiger partial charge in [-0.2, -0.15) is 0 Å². The summed E-state index contributed by atoms with van der Waals surface area (Å²) >= 11 is 3.94. The van der Waals surface area contributed by atoms with Crippen LogP contribution >= 0.6 is 33.9 Å². The van der Waals surface area contributed by atoms with Crippen LogP contribution in [0.15, 0.2) is 48.0 Å². The van der Waals surface area contributed by atoms with Crippen LogP contribution < -0.4 is 5.32 Å². The second-order valence-corrected chi connectivity index (χ2v) is 12.7. The first kappa shape index (κ1) is 27.8. The zero-order valence-corrected chi connectivity index (χ0v) is 25.6. The Bertz CT molecular complexity index is 1420. The quantitative estimate of drug-likeness (QED) is 0.338. The Morgan fingerprint density at radius 1 is 1.15 bits per heavy atom. The second-order valence-electron chi connectivity index (χ2n) is 10.7. The number of benzene rings is 2. The number of fused-ring (bicyclic) bond motifs is 1. The molecule has 0 aliphatic carbocycles. The van der Waals surface area contributed by atoms with E-state index < -0.39 is 12.1 Å². The summed E-state index contributed by atoms with van der Waals surface area (Å²) in [5.74, 6) is -0.486. The number of amides is 3. The molecule has 0 radical (unpaired) electrons. The van der Waals surface area contributed by atoms with Crippen molar-refractivity contribution in [2.24, 2.45) is 5.92 Å². The molecule has 0 bridgehead atoms. The van der Waals surface area contributed by atoms with Gasteiger partial charge in [0.15, 0.2) is 0 Å². The van der Waals surface area contributed by atoms with Crippen LogP contribution in [0.25, 0.3) is 10.4 Å². The first-order valence-corrected chi connectivity index (χ1v) is 15.3. The topological polar surface area (TPSA) is 82.6 Å². The maximum absolute atomic E-state index is 13.9. The van der Waals surface area contributed by atoms with Gasteiger partial charge in [0.2, 0.25) is 11.8 Å². The molecule has 2 aliphatic rings. The molecule has 2 aromatic carbocycles. The summed E-state index contributed by atoms with van der Waals surface area (Å²) in [4.78, 5) is 49.5. The van der Waals surface area contributed by atoms with Gasteiger partial charge < -0.3 is 15.1 Å². The van der Waals surface area contributed by atoms with Crippen molar-refractivity contribution in [3.8, 4) is 10.4 Å². The van der Waals surface area contributed by atoms with Crippen molar-refractivity contribution in [3.05, 3.63) is 73.9 Å². The SMILES string of the molecule is Cc1ncsc1-c1ccc(C(C)NC(=O)C2CCCN2C(=O)C(C(C)C)N2Cc3ccccc3C2=O)c(I)c1. The van der Waals surface area contributed by atoms with E-state index in [4.69, 9.17) is 0 Å². The van der Waals surface area contributed by atoms with Crippen molar-refractivity contribution < 1.29 is 14.4 Å². The molecule has 3 amide bonds. The van der Waals surface area contributed by atoms with Gasteiger partial charge in [-0.25, -0.2) is 4.98 Å². The lowest BCUT2D eigenvalue weighted by Crippen LogP contribution is -2.55. The number of hydrogen-bond acceptors (Lipinski definition) is 5. The number of halogens is 1. The fraction of sp³-hybridized carbons (Fsp3) is 0.400. The Hall–Kier alpha value is -2.79. The fourth-order valence-electron chi connectivity index (χ4n) is 5.74. The molecule has 204 valence electrons. The molecule has 7 nitrogen and oxygen atoms in total. The van der Waals surface area contributed by atoms with E-state index in [1.807, 2.05) is 57.5 Å². The lowest BCUT2D eigenvalue weighted by atomic mass is 10.00. The third kappa shape index (κ3) is 5.35. The Morgan fingerprint density at radius 2 is 1.92 bits per heavy atom. The highest BCUT2D eigenvalue weighted by Gasteiger charge is 2.44. The molecule has 3 aromatic rings. The monoisotopic (exact) mass is 656 g/mol. The van der Waals surface area contributed by atoms with E-state index in [2.05, 4.69) is 51.1 Å². The third-order valence-electron chi connectivity index (χ3n) is 7.74. The summed E-state index contributed by atoms with van der Waals surface area (Å²) in [6.07, 6.45) is 1.38. The lowest BCUT2D eigenvalue weighted by molar-refractivity contribution is -0.143. The maximum atomic E-state index is 13.9. The predicted octanol–water partition coefficient (Wildman–Crippen LogP) is 5.57. The fourth-order valence-corrected chi connectivity index (χ4v) is 7.52. The molecule has 1 saturated heterocycles. The Morgan fingerprint density at radius 3 is 2.59 bits per heavy atom.